The fraction of sp³-hybridized carbons (Fsp3) is 0.933. The summed E-state index contributed by atoms with van der Waals surface area (Å²) in [5.41, 5.74) is 0. The van der Waals surface area contributed by atoms with E-state index in [0.717, 1.165) is 0 Å². The van der Waals surface area contributed by atoms with Crippen molar-refractivity contribution in [1.82, 2.24) is 10.2 Å². The standard InChI is InChI=1S/C12H27N.C3H7NO/c1-4-7-10-13(11-8-5-2)12-9-6-3;1-3(5)4-2/h4-12H2,1-3H3;1-2H3,(H,4,5). The highest BCUT2D eigenvalue weighted by Crippen LogP contribution is 2.01. The zero-order valence-corrected chi connectivity index (χ0v) is 13.2. The quantitative estimate of drug-likeness (QED) is 0.687. The lowest BCUT2D eigenvalue weighted by molar-refractivity contribution is -0.118. The van der Waals surface area contributed by atoms with E-state index in [9.17, 15) is 4.79 Å². The number of hydrogen-bond donors (Lipinski definition) is 1. The van der Waals surface area contributed by atoms with Crippen LogP contribution in [0.5, 0.6) is 0 Å². The van der Waals surface area contributed by atoms with Gasteiger partial charge in [-0.15, -0.1) is 0 Å². The van der Waals surface area contributed by atoms with Crippen molar-refractivity contribution in [3.05, 3.63) is 0 Å². The number of carbonyl (C=O) groups excluding carboxylic acids is 1. The minimum Gasteiger partial charge on any atom is -0.359 e. The van der Waals surface area contributed by atoms with Crippen LogP contribution < -0.4 is 5.32 Å². The summed E-state index contributed by atoms with van der Waals surface area (Å²) >= 11 is 0. The van der Waals surface area contributed by atoms with Crippen molar-refractivity contribution in [2.75, 3.05) is 26.7 Å². The van der Waals surface area contributed by atoms with Crippen molar-refractivity contribution >= 4 is 5.91 Å². The molecule has 0 radical (unpaired) electrons. The summed E-state index contributed by atoms with van der Waals surface area (Å²) in [6, 6.07) is 0. The van der Waals surface area contributed by atoms with Crippen LogP contribution >= 0.6 is 0 Å². The number of amides is 1. The summed E-state index contributed by atoms with van der Waals surface area (Å²) in [4.78, 5) is 12.3. The highest BCUT2D eigenvalue weighted by Gasteiger charge is 2.01. The van der Waals surface area contributed by atoms with Crippen LogP contribution in [0, 0.1) is 0 Å². The Labute approximate surface area is 114 Å². The highest BCUT2D eigenvalue weighted by molar-refractivity contribution is 5.72. The molecule has 1 N–H and O–H groups in total. The predicted octanol–water partition coefficient (Wildman–Crippen LogP) is 3.44. The van der Waals surface area contributed by atoms with Crippen LogP contribution in [-0.2, 0) is 4.79 Å². The second kappa shape index (κ2) is 16.4. The number of rotatable bonds is 9. The molecule has 0 bridgehead atoms. The lowest BCUT2D eigenvalue weighted by Gasteiger charge is -2.21. The second-order valence-electron chi connectivity index (χ2n) is 4.71. The van der Waals surface area contributed by atoms with Gasteiger partial charge in [-0.1, -0.05) is 40.0 Å². The second-order valence-corrected chi connectivity index (χ2v) is 4.71. The Morgan fingerprint density at radius 2 is 1.17 bits per heavy atom. The van der Waals surface area contributed by atoms with Crippen molar-refractivity contribution in [3.63, 3.8) is 0 Å². The Hall–Kier alpha value is -0.570. The SMILES string of the molecule is CCCCN(CCCC)CCCC.CNC(C)=O. The molecule has 0 atom stereocenters. The molecular formula is C15H34N2O. The van der Waals surface area contributed by atoms with Crippen LogP contribution in [0.1, 0.15) is 66.2 Å². The fourth-order valence-electron chi connectivity index (χ4n) is 1.48. The zero-order chi connectivity index (χ0) is 14.2. The Morgan fingerprint density at radius 3 is 1.33 bits per heavy atom. The third-order valence-corrected chi connectivity index (χ3v) is 2.84. The van der Waals surface area contributed by atoms with Gasteiger partial charge in [0, 0.05) is 14.0 Å². The van der Waals surface area contributed by atoms with Crippen LogP contribution in [0.25, 0.3) is 0 Å². The van der Waals surface area contributed by atoms with Gasteiger partial charge in [0.05, 0.1) is 0 Å². The van der Waals surface area contributed by atoms with Crippen LogP contribution in [0.4, 0.5) is 0 Å². The van der Waals surface area contributed by atoms with Gasteiger partial charge in [0.1, 0.15) is 0 Å². The summed E-state index contributed by atoms with van der Waals surface area (Å²) in [7, 11) is 1.60. The molecule has 1 amide bonds. The molecule has 0 aliphatic heterocycles. The van der Waals surface area contributed by atoms with Gasteiger partial charge in [-0.05, 0) is 38.9 Å². The van der Waals surface area contributed by atoms with Gasteiger partial charge in [0.15, 0.2) is 0 Å². The minimum atomic E-state index is 0.00463. The van der Waals surface area contributed by atoms with E-state index in [0.29, 0.717) is 0 Å². The largest absolute Gasteiger partial charge is 0.359 e. The van der Waals surface area contributed by atoms with Crippen LogP contribution in [0.3, 0.4) is 0 Å². The van der Waals surface area contributed by atoms with E-state index < -0.39 is 0 Å². The Morgan fingerprint density at radius 1 is 0.889 bits per heavy atom. The molecule has 0 spiro atoms. The number of carbonyl (C=O) groups is 1. The average Bonchev–Trinajstić information content (AvgIpc) is 2.38. The molecule has 0 saturated carbocycles. The molecule has 18 heavy (non-hydrogen) atoms. The topological polar surface area (TPSA) is 32.3 Å². The third kappa shape index (κ3) is 17.8. The lowest BCUT2D eigenvalue weighted by atomic mass is 10.2. The van der Waals surface area contributed by atoms with Gasteiger partial charge < -0.3 is 10.2 Å². The summed E-state index contributed by atoms with van der Waals surface area (Å²) in [6.45, 7) is 12.2. The third-order valence-electron chi connectivity index (χ3n) is 2.84. The zero-order valence-electron chi connectivity index (χ0n) is 13.2. The summed E-state index contributed by atoms with van der Waals surface area (Å²) < 4.78 is 0. The van der Waals surface area contributed by atoms with Crippen molar-refractivity contribution in [1.29, 1.82) is 0 Å². The maximum Gasteiger partial charge on any atom is 0.216 e. The van der Waals surface area contributed by atoms with Crippen molar-refractivity contribution < 1.29 is 4.79 Å². The van der Waals surface area contributed by atoms with Crippen molar-refractivity contribution in [2.24, 2.45) is 0 Å². The summed E-state index contributed by atoms with van der Waals surface area (Å²) in [5.74, 6) is 0.00463. The van der Waals surface area contributed by atoms with Gasteiger partial charge in [-0.3, -0.25) is 4.79 Å². The Kier molecular flexibility index (Phi) is 18.0. The molecular weight excluding hydrogens is 224 g/mol. The maximum atomic E-state index is 9.70. The molecule has 110 valence electrons. The van der Waals surface area contributed by atoms with E-state index in [2.05, 4.69) is 31.0 Å². The lowest BCUT2D eigenvalue weighted by Crippen LogP contribution is -2.27. The highest BCUT2D eigenvalue weighted by atomic mass is 16.1. The molecule has 0 unspecified atom stereocenters. The fourth-order valence-corrected chi connectivity index (χ4v) is 1.48. The first-order chi connectivity index (χ1) is 8.62. The average molecular weight is 258 g/mol. The van der Waals surface area contributed by atoms with Crippen molar-refractivity contribution in [2.45, 2.75) is 66.2 Å². The number of nitrogens with zero attached hydrogens (tertiary/aromatic N) is 1. The first-order valence-corrected chi connectivity index (χ1v) is 7.52. The summed E-state index contributed by atoms with van der Waals surface area (Å²) in [5, 5.41) is 2.39. The van der Waals surface area contributed by atoms with Crippen LogP contribution in [0.15, 0.2) is 0 Å². The van der Waals surface area contributed by atoms with E-state index in [4.69, 9.17) is 0 Å². The molecule has 0 aromatic rings. The smallest absolute Gasteiger partial charge is 0.216 e. The van der Waals surface area contributed by atoms with Gasteiger partial charge >= 0.3 is 0 Å². The van der Waals surface area contributed by atoms with E-state index >= 15 is 0 Å². The predicted molar refractivity (Wildman–Crippen MR) is 80.9 cm³/mol. The van der Waals surface area contributed by atoms with E-state index in [1.165, 1.54) is 65.1 Å². The van der Waals surface area contributed by atoms with E-state index in [1.54, 1.807) is 7.05 Å². The molecule has 0 aliphatic rings. The molecule has 0 fully saturated rings. The van der Waals surface area contributed by atoms with Gasteiger partial charge in [-0.25, -0.2) is 0 Å². The van der Waals surface area contributed by atoms with Gasteiger partial charge in [-0.2, -0.15) is 0 Å². The molecule has 3 nitrogen and oxygen atoms in total. The molecule has 0 aromatic carbocycles. The van der Waals surface area contributed by atoms with Crippen LogP contribution in [-0.4, -0.2) is 37.5 Å². The summed E-state index contributed by atoms with van der Waals surface area (Å²) in [6.07, 6.45) is 8.09. The number of unbranched alkanes of at least 4 members (excludes halogenated alkanes) is 3. The molecule has 0 aromatic heterocycles. The normalized spacial score (nSPS) is 9.89. The first kappa shape index (κ1) is 19.8. The molecule has 0 rings (SSSR count). The monoisotopic (exact) mass is 258 g/mol. The van der Waals surface area contributed by atoms with E-state index in [-0.39, 0.29) is 5.91 Å². The van der Waals surface area contributed by atoms with E-state index in [1.807, 2.05) is 0 Å². The van der Waals surface area contributed by atoms with Gasteiger partial charge in [0.2, 0.25) is 5.91 Å². The molecule has 0 heterocycles. The van der Waals surface area contributed by atoms with Crippen molar-refractivity contribution in [3.8, 4) is 0 Å². The number of nitrogens with one attached hydrogen (secondary N) is 1. The molecule has 0 aliphatic carbocycles. The Bertz CT molecular complexity index is 153. The number of hydrogen-bond acceptors (Lipinski definition) is 2. The minimum absolute atomic E-state index is 0.00463. The molecule has 0 saturated heterocycles. The van der Waals surface area contributed by atoms with Gasteiger partial charge in [0.25, 0.3) is 0 Å². The van der Waals surface area contributed by atoms with Crippen LogP contribution in [0.2, 0.25) is 0 Å². The maximum absolute atomic E-state index is 9.70. The molecule has 3 heteroatoms. The Balaban J connectivity index is 0. The first-order valence-electron chi connectivity index (χ1n) is 7.52.